The maximum Gasteiger partial charge on any atom is 0.165 e. The van der Waals surface area contributed by atoms with Crippen LogP contribution in [-0.2, 0) is 0 Å². The average molecular weight is 304 g/mol. The zero-order valence-corrected chi connectivity index (χ0v) is 12.8. The van der Waals surface area contributed by atoms with Crippen molar-refractivity contribution in [3.63, 3.8) is 0 Å². The van der Waals surface area contributed by atoms with Crippen molar-refractivity contribution in [2.45, 2.75) is 18.7 Å². The van der Waals surface area contributed by atoms with Crippen LogP contribution in [0.25, 0.3) is 0 Å². The molecule has 21 heavy (non-hydrogen) atoms. The van der Waals surface area contributed by atoms with Crippen LogP contribution in [0, 0.1) is 18.2 Å². The van der Waals surface area contributed by atoms with E-state index in [0.29, 0.717) is 11.3 Å². The fraction of sp³-hybridized carbons (Fsp3) is 0.188. The molecule has 0 unspecified atom stereocenters. The predicted molar refractivity (Wildman–Crippen MR) is 85.1 cm³/mol. The number of benzene rings is 2. The molecule has 2 rings (SSSR count). The highest BCUT2D eigenvalue weighted by molar-refractivity contribution is 7.99. The summed E-state index contributed by atoms with van der Waals surface area (Å²) in [5, 5.41) is 7.75. The number of thioether (sulfide) groups is 1. The van der Waals surface area contributed by atoms with E-state index in [2.05, 4.69) is 0 Å². The molecular weight excluding hydrogens is 287 g/mol. The highest BCUT2D eigenvalue weighted by atomic mass is 32.2. The number of halogens is 1. The molecular formula is C16H17FN2OS. The predicted octanol–water partition coefficient (Wildman–Crippen LogP) is 4.32. The van der Waals surface area contributed by atoms with Gasteiger partial charge < -0.3 is 10.5 Å². The Hall–Kier alpha value is -2.01. The molecule has 0 atom stereocenters. The quantitative estimate of drug-likeness (QED) is 0.491. The number of hydrogen-bond acceptors (Lipinski definition) is 3. The standard InChI is InChI=1S/C16H17FN2OS/c1-3-21-14-6-4-5-12(15(14)16(18)19)20-13-9-10(2)7-8-11(13)17/h4-9H,3H2,1-2H3,(H3,18,19). The molecule has 0 saturated heterocycles. The lowest BCUT2D eigenvalue weighted by atomic mass is 10.1. The van der Waals surface area contributed by atoms with Crippen LogP contribution in [0.5, 0.6) is 11.5 Å². The molecule has 0 fully saturated rings. The van der Waals surface area contributed by atoms with Gasteiger partial charge in [0.05, 0.1) is 5.56 Å². The van der Waals surface area contributed by atoms with Crippen molar-refractivity contribution < 1.29 is 9.13 Å². The molecule has 0 aliphatic rings. The largest absolute Gasteiger partial charge is 0.453 e. The first kappa shape index (κ1) is 15.4. The summed E-state index contributed by atoms with van der Waals surface area (Å²) >= 11 is 1.57. The number of amidine groups is 1. The molecule has 0 bridgehead atoms. The fourth-order valence-electron chi connectivity index (χ4n) is 1.94. The lowest BCUT2D eigenvalue weighted by Gasteiger charge is -2.14. The molecule has 2 aromatic rings. The molecule has 0 heterocycles. The van der Waals surface area contributed by atoms with Crippen molar-refractivity contribution >= 4 is 17.6 Å². The monoisotopic (exact) mass is 304 g/mol. The van der Waals surface area contributed by atoms with Crippen molar-refractivity contribution in [1.29, 1.82) is 5.41 Å². The summed E-state index contributed by atoms with van der Waals surface area (Å²) in [6.07, 6.45) is 0. The number of nitrogen functional groups attached to an aromatic ring is 1. The van der Waals surface area contributed by atoms with E-state index in [0.717, 1.165) is 16.2 Å². The van der Waals surface area contributed by atoms with Crippen molar-refractivity contribution in [2.24, 2.45) is 5.73 Å². The lowest BCUT2D eigenvalue weighted by molar-refractivity contribution is 0.440. The van der Waals surface area contributed by atoms with Crippen LogP contribution in [0.3, 0.4) is 0 Å². The second-order valence-electron chi connectivity index (χ2n) is 4.51. The highest BCUT2D eigenvalue weighted by Crippen LogP contribution is 2.33. The van der Waals surface area contributed by atoms with E-state index in [4.69, 9.17) is 15.9 Å². The second-order valence-corrected chi connectivity index (χ2v) is 5.82. The number of nitrogens with two attached hydrogens (primary N) is 1. The van der Waals surface area contributed by atoms with E-state index in [-0.39, 0.29) is 11.6 Å². The molecule has 0 aliphatic heterocycles. The molecule has 110 valence electrons. The Morgan fingerprint density at radius 1 is 1.29 bits per heavy atom. The minimum absolute atomic E-state index is 0.0883. The first-order chi connectivity index (χ1) is 10.0. The summed E-state index contributed by atoms with van der Waals surface area (Å²) < 4.78 is 19.5. The first-order valence-electron chi connectivity index (χ1n) is 6.57. The van der Waals surface area contributed by atoms with Crippen LogP contribution < -0.4 is 10.5 Å². The Kier molecular flexibility index (Phi) is 4.85. The Bertz CT molecular complexity index is 673. The summed E-state index contributed by atoms with van der Waals surface area (Å²) in [5.74, 6) is 0.850. The fourth-order valence-corrected chi connectivity index (χ4v) is 2.79. The smallest absolute Gasteiger partial charge is 0.165 e. The number of hydrogen-bond donors (Lipinski definition) is 2. The minimum atomic E-state index is -0.441. The summed E-state index contributed by atoms with van der Waals surface area (Å²) in [6.45, 7) is 3.88. The molecule has 2 aromatic carbocycles. The molecule has 5 heteroatoms. The van der Waals surface area contributed by atoms with Gasteiger partial charge in [-0.2, -0.15) is 0 Å². The van der Waals surface area contributed by atoms with Gasteiger partial charge in [-0.15, -0.1) is 11.8 Å². The van der Waals surface area contributed by atoms with Crippen LogP contribution in [0.4, 0.5) is 4.39 Å². The zero-order chi connectivity index (χ0) is 15.4. The Morgan fingerprint density at radius 3 is 2.71 bits per heavy atom. The van der Waals surface area contributed by atoms with Gasteiger partial charge in [-0.1, -0.05) is 19.1 Å². The van der Waals surface area contributed by atoms with E-state index in [1.54, 1.807) is 30.0 Å². The van der Waals surface area contributed by atoms with Crippen molar-refractivity contribution in [3.05, 3.63) is 53.3 Å². The normalized spacial score (nSPS) is 10.4. The van der Waals surface area contributed by atoms with Crippen LogP contribution in [-0.4, -0.2) is 11.6 Å². The summed E-state index contributed by atoms with van der Waals surface area (Å²) in [5.41, 5.74) is 7.07. The summed E-state index contributed by atoms with van der Waals surface area (Å²) in [6, 6.07) is 10.1. The third-order valence-corrected chi connectivity index (χ3v) is 3.80. The van der Waals surface area contributed by atoms with E-state index < -0.39 is 5.82 Å². The van der Waals surface area contributed by atoms with E-state index in [9.17, 15) is 4.39 Å². The van der Waals surface area contributed by atoms with E-state index in [1.165, 1.54) is 6.07 Å². The first-order valence-corrected chi connectivity index (χ1v) is 7.55. The maximum absolute atomic E-state index is 13.8. The zero-order valence-electron chi connectivity index (χ0n) is 11.9. The number of aryl methyl sites for hydroxylation is 1. The Morgan fingerprint density at radius 2 is 2.05 bits per heavy atom. The molecule has 0 aliphatic carbocycles. The van der Waals surface area contributed by atoms with E-state index in [1.807, 2.05) is 26.0 Å². The van der Waals surface area contributed by atoms with Gasteiger partial charge in [0.25, 0.3) is 0 Å². The van der Waals surface area contributed by atoms with Crippen molar-refractivity contribution in [1.82, 2.24) is 0 Å². The summed E-state index contributed by atoms with van der Waals surface area (Å²) in [4.78, 5) is 0.857. The number of ether oxygens (including phenoxy) is 1. The van der Waals surface area contributed by atoms with Gasteiger partial charge in [0, 0.05) is 4.90 Å². The van der Waals surface area contributed by atoms with Gasteiger partial charge in [0.15, 0.2) is 11.6 Å². The Balaban J connectivity index is 2.46. The van der Waals surface area contributed by atoms with Crippen LogP contribution in [0.1, 0.15) is 18.1 Å². The number of nitrogens with one attached hydrogen (secondary N) is 1. The molecule has 0 spiro atoms. The van der Waals surface area contributed by atoms with Gasteiger partial charge in [-0.3, -0.25) is 5.41 Å². The molecule has 0 radical (unpaired) electrons. The SMILES string of the molecule is CCSc1cccc(Oc2cc(C)ccc2F)c1C(=N)N. The second kappa shape index (κ2) is 6.63. The molecule has 0 aromatic heterocycles. The maximum atomic E-state index is 13.8. The van der Waals surface area contributed by atoms with Gasteiger partial charge in [0.1, 0.15) is 11.6 Å². The van der Waals surface area contributed by atoms with Gasteiger partial charge >= 0.3 is 0 Å². The van der Waals surface area contributed by atoms with Crippen molar-refractivity contribution in [3.8, 4) is 11.5 Å². The molecule has 3 nitrogen and oxygen atoms in total. The van der Waals surface area contributed by atoms with Gasteiger partial charge in [-0.25, -0.2) is 4.39 Å². The van der Waals surface area contributed by atoms with Gasteiger partial charge in [0.2, 0.25) is 0 Å². The Labute approximate surface area is 127 Å². The molecule has 0 amide bonds. The topological polar surface area (TPSA) is 59.1 Å². The van der Waals surface area contributed by atoms with Crippen LogP contribution >= 0.6 is 11.8 Å². The minimum Gasteiger partial charge on any atom is -0.453 e. The van der Waals surface area contributed by atoms with Gasteiger partial charge in [-0.05, 0) is 42.5 Å². The molecule has 0 saturated carbocycles. The summed E-state index contributed by atoms with van der Waals surface area (Å²) in [7, 11) is 0. The highest BCUT2D eigenvalue weighted by Gasteiger charge is 2.15. The lowest BCUT2D eigenvalue weighted by Crippen LogP contribution is -2.14. The van der Waals surface area contributed by atoms with Crippen molar-refractivity contribution in [2.75, 3.05) is 5.75 Å². The van der Waals surface area contributed by atoms with Crippen LogP contribution in [0.15, 0.2) is 41.3 Å². The molecule has 3 N–H and O–H groups in total. The van der Waals surface area contributed by atoms with E-state index >= 15 is 0 Å². The number of rotatable bonds is 5. The van der Waals surface area contributed by atoms with Crippen LogP contribution in [0.2, 0.25) is 0 Å². The average Bonchev–Trinajstić information content (AvgIpc) is 2.43. The third kappa shape index (κ3) is 3.55. The third-order valence-electron chi connectivity index (χ3n) is 2.86.